The maximum absolute atomic E-state index is 12.6. The van der Waals surface area contributed by atoms with E-state index in [9.17, 15) is 14.3 Å². The van der Waals surface area contributed by atoms with Crippen molar-refractivity contribution in [2.45, 2.75) is 25.4 Å². The van der Waals surface area contributed by atoms with Gasteiger partial charge < -0.3 is 9.63 Å². The third-order valence-electron chi connectivity index (χ3n) is 3.22. The highest BCUT2D eigenvalue weighted by Crippen LogP contribution is 2.52. The quantitative estimate of drug-likeness (QED) is 0.678. The average molecular weight is 280 g/mol. The van der Waals surface area contributed by atoms with E-state index in [1.807, 2.05) is 0 Å². The zero-order valence-electron chi connectivity index (χ0n) is 10.8. The van der Waals surface area contributed by atoms with Crippen LogP contribution in [-0.4, -0.2) is 23.1 Å². The molecule has 0 heterocycles. The van der Waals surface area contributed by atoms with E-state index in [2.05, 4.69) is 0 Å². The van der Waals surface area contributed by atoms with Gasteiger partial charge in [0.1, 0.15) is 0 Å². The molecule has 0 saturated heterocycles. The van der Waals surface area contributed by atoms with E-state index >= 15 is 0 Å². The van der Waals surface area contributed by atoms with Crippen molar-refractivity contribution in [3.63, 3.8) is 0 Å². The Balaban J connectivity index is 2.29. The van der Waals surface area contributed by atoms with Gasteiger partial charge in [0, 0.05) is 10.9 Å². The Labute approximate surface area is 112 Å². The molecule has 19 heavy (non-hydrogen) atoms. The fourth-order valence-electron chi connectivity index (χ4n) is 2.31. The lowest BCUT2D eigenvalue weighted by molar-refractivity contribution is -0.138. The summed E-state index contributed by atoms with van der Waals surface area (Å²) < 4.78 is 17.6. The van der Waals surface area contributed by atoms with Gasteiger partial charge in [-0.3, -0.25) is 4.57 Å². The summed E-state index contributed by atoms with van der Waals surface area (Å²) in [6.07, 6.45) is 2.86. The third kappa shape index (κ3) is 2.80. The highest BCUT2D eigenvalue weighted by atomic mass is 31.2. The number of hydrogen-bond donors (Lipinski definition) is 1. The normalized spacial score (nSPS) is 21.6. The first-order chi connectivity index (χ1) is 9.07. The van der Waals surface area contributed by atoms with Gasteiger partial charge in [0.15, 0.2) is 0 Å². The number of rotatable bonds is 4. The fourth-order valence-corrected chi connectivity index (χ4v) is 4.35. The SMILES string of the molecule is CCOC(=O)C1=CCCC1P(=O)(O)c1ccccc1. The Morgan fingerprint density at radius 1 is 1.42 bits per heavy atom. The molecule has 1 aliphatic rings. The lowest BCUT2D eigenvalue weighted by Gasteiger charge is -2.21. The van der Waals surface area contributed by atoms with Crippen molar-refractivity contribution in [3.05, 3.63) is 42.0 Å². The largest absolute Gasteiger partial charge is 0.463 e. The van der Waals surface area contributed by atoms with Crippen molar-refractivity contribution >= 4 is 18.6 Å². The summed E-state index contributed by atoms with van der Waals surface area (Å²) in [6, 6.07) is 8.49. The number of hydrogen-bond acceptors (Lipinski definition) is 3. The van der Waals surface area contributed by atoms with E-state index in [4.69, 9.17) is 4.74 Å². The molecular weight excluding hydrogens is 263 g/mol. The van der Waals surface area contributed by atoms with Crippen LogP contribution in [0.2, 0.25) is 0 Å². The van der Waals surface area contributed by atoms with Crippen molar-refractivity contribution in [3.8, 4) is 0 Å². The highest BCUT2D eigenvalue weighted by Gasteiger charge is 2.40. The molecule has 102 valence electrons. The van der Waals surface area contributed by atoms with E-state index in [0.29, 0.717) is 23.7 Å². The Morgan fingerprint density at radius 2 is 2.11 bits per heavy atom. The lowest BCUT2D eigenvalue weighted by atomic mass is 10.2. The molecule has 0 aliphatic heterocycles. The van der Waals surface area contributed by atoms with Crippen molar-refractivity contribution < 1.29 is 19.0 Å². The van der Waals surface area contributed by atoms with Crippen molar-refractivity contribution in [2.75, 3.05) is 6.61 Å². The first-order valence-electron chi connectivity index (χ1n) is 6.32. The molecule has 2 atom stereocenters. The molecule has 1 N–H and O–H groups in total. The van der Waals surface area contributed by atoms with Crippen LogP contribution in [0.15, 0.2) is 42.0 Å². The number of carbonyl (C=O) groups is 1. The summed E-state index contributed by atoms with van der Waals surface area (Å²) in [5.74, 6) is -0.477. The second kappa shape index (κ2) is 5.72. The van der Waals surface area contributed by atoms with Gasteiger partial charge in [-0.05, 0) is 31.9 Å². The zero-order valence-corrected chi connectivity index (χ0v) is 11.7. The maximum Gasteiger partial charge on any atom is 0.334 e. The van der Waals surface area contributed by atoms with Gasteiger partial charge >= 0.3 is 5.97 Å². The molecule has 0 fully saturated rings. The molecule has 1 aromatic carbocycles. The number of allylic oxidation sites excluding steroid dienone is 1. The van der Waals surface area contributed by atoms with Crippen LogP contribution in [0.3, 0.4) is 0 Å². The van der Waals surface area contributed by atoms with Gasteiger partial charge in [-0.25, -0.2) is 4.79 Å². The van der Waals surface area contributed by atoms with Crippen LogP contribution in [0.1, 0.15) is 19.8 Å². The molecule has 0 radical (unpaired) electrons. The van der Waals surface area contributed by atoms with Crippen LogP contribution < -0.4 is 5.30 Å². The first kappa shape index (κ1) is 14.0. The minimum Gasteiger partial charge on any atom is -0.463 e. The van der Waals surface area contributed by atoms with Crippen LogP contribution in [-0.2, 0) is 14.1 Å². The molecule has 2 unspecified atom stereocenters. The van der Waals surface area contributed by atoms with Crippen molar-refractivity contribution in [1.82, 2.24) is 0 Å². The molecule has 1 aromatic rings. The molecule has 0 spiro atoms. The number of ether oxygens (including phenoxy) is 1. The molecule has 0 bridgehead atoms. The minimum atomic E-state index is -3.60. The van der Waals surface area contributed by atoms with Gasteiger partial charge in [0.05, 0.1) is 12.3 Å². The summed E-state index contributed by atoms with van der Waals surface area (Å²) in [5.41, 5.74) is -0.300. The first-order valence-corrected chi connectivity index (χ1v) is 8.05. The van der Waals surface area contributed by atoms with Gasteiger partial charge in [-0.1, -0.05) is 24.3 Å². The van der Waals surface area contributed by atoms with Crippen molar-refractivity contribution in [2.24, 2.45) is 0 Å². The summed E-state index contributed by atoms with van der Waals surface area (Å²) in [5, 5.41) is 0.386. The number of benzene rings is 1. The second-order valence-corrected chi connectivity index (χ2v) is 6.82. The van der Waals surface area contributed by atoms with Crippen LogP contribution in [0.4, 0.5) is 0 Å². The molecule has 4 nitrogen and oxygen atoms in total. The van der Waals surface area contributed by atoms with Gasteiger partial charge in [0.25, 0.3) is 0 Å². The second-order valence-electron chi connectivity index (χ2n) is 4.43. The summed E-state index contributed by atoms with van der Waals surface area (Å²) in [4.78, 5) is 22.2. The Kier molecular flexibility index (Phi) is 4.23. The number of esters is 1. The van der Waals surface area contributed by atoms with E-state index < -0.39 is 19.0 Å². The van der Waals surface area contributed by atoms with E-state index in [0.717, 1.165) is 0 Å². The van der Waals surface area contributed by atoms with Gasteiger partial charge in [-0.15, -0.1) is 0 Å². The highest BCUT2D eigenvalue weighted by molar-refractivity contribution is 7.67. The lowest BCUT2D eigenvalue weighted by Crippen LogP contribution is -2.22. The molecule has 2 rings (SSSR count). The standard InChI is InChI=1S/C14H17O4P/c1-2-18-14(15)12-9-6-10-13(12)19(16,17)11-7-4-3-5-8-11/h3-5,7-9,13H,2,6,10H2,1H3,(H,16,17). The maximum atomic E-state index is 12.6. The minimum absolute atomic E-state index is 0.268. The van der Waals surface area contributed by atoms with E-state index in [-0.39, 0.29) is 6.61 Å². The van der Waals surface area contributed by atoms with Crippen LogP contribution in [0, 0.1) is 0 Å². The van der Waals surface area contributed by atoms with Crippen LogP contribution in [0.5, 0.6) is 0 Å². The van der Waals surface area contributed by atoms with E-state index in [1.54, 1.807) is 43.3 Å². The number of carbonyl (C=O) groups excluding carboxylic acids is 1. The van der Waals surface area contributed by atoms with Crippen LogP contribution >= 0.6 is 7.37 Å². The summed E-state index contributed by atoms with van der Waals surface area (Å²) in [6.45, 7) is 1.99. The molecule has 5 heteroatoms. The Bertz CT molecular complexity index is 536. The van der Waals surface area contributed by atoms with Crippen LogP contribution in [0.25, 0.3) is 0 Å². The summed E-state index contributed by atoms with van der Waals surface area (Å²) in [7, 11) is -3.60. The predicted molar refractivity (Wildman–Crippen MR) is 73.6 cm³/mol. The molecule has 0 amide bonds. The van der Waals surface area contributed by atoms with Gasteiger partial charge in [0.2, 0.25) is 7.37 Å². The molecule has 1 aliphatic carbocycles. The van der Waals surface area contributed by atoms with Gasteiger partial charge in [-0.2, -0.15) is 0 Å². The monoisotopic (exact) mass is 280 g/mol. The summed E-state index contributed by atoms with van der Waals surface area (Å²) >= 11 is 0. The third-order valence-corrected chi connectivity index (χ3v) is 5.64. The van der Waals surface area contributed by atoms with Crippen molar-refractivity contribution in [1.29, 1.82) is 0 Å². The fraction of sp³-hybridized carbons (Fsp3) is 0.357. The predicted octanol–water partition coefficient (Wildman–Crippen LogP) is 2.23. The van der Waals surface area contributed by atoms with E-state index in [1.165, 1.54) is 0 Å². The molecule has 0 saturated carbocycles. The Morgan fingerprint density at radius 3 is 2.74 bits per heavy atom. The Hall–Kier alpha value is -1.38. The zero-order chi connectivity index (χ0) is 13.9. The average Bonchev–Trinajstić information content (AvgIpc) is 2.90. The molecule has 0 aromatic heterocycles. The topological polar surface area (TPSA) is 63.6 Å². The molecular formula is C14H17O4P. The smallest absolute Gasteiger partial charge is 0.334 e.